The van der Waals surface area contributed by atoms with E-state index in [0.717, 1.165) is 0 Å². The Kier molecular flexibility index (Phi) is 11.3. The van der Waals surface area contributed by atoms with E-state index in [2.05, 4.69) is 31.2 Å². The third-order valence-electron chi connectivity index (χ3n) is 5.11. The summed E-state index contributed by atoms with van der Waals surface area (Å²) in [6.45, 7) is 0.666. The van der Waals surface area contributed by atoms with Crippen molar-refractivity contribution in [2.75, 3.05) is 24.3 Å². The van der Waals surface area contributed by atoms with Crippen molar-refractivity contribution in [2.45, 2.75) is 57.0 Å². The fourth-order valence-electron chi connectivity index (χ4n) is 3.19. The highest BCUT2D eigenvalue weighted by molar-refractivity contribution is 6.18. The van der Waals surface area contributed by atoms with Crippen molar-refractivity contribution in [3.8, 4) is 0 Å². The predicted molar refractivity (Wildman–Crippen MR) is 122 cm³/mol. The number of anilines is 1. The second-order valence-electron chi connectivity index (χ2n) is 7.71. The number of hydrogen-bond donors (Lipinski definition) is 7. The van der Waals surface area contributed by atoms with E-state index in [4.69, 9.17) is 21.4 Å². The highest BCUT2D eigenvalue weighted by atomic mass is 35.5. The summed E-state index contributed by atoms with van der Waals surface area (Å²) in [7, 11) is 0. The Hall–Kier alpha value is -3.02. The Bertz CT molecular complexity index is 941. The Balaban J connectivity index is 1.92. The molecule has 0 radical (unpaired) electrons. The molecule has 1 saturated heterocycles. The van der Waals surface area contributed by atoms with Crippen molar-refractivity contribution in [3.05, 3.63) is 22.5 Å². The molecule has 2 rings (SSSR count). The van der Waals surface area contributed by atoms with Gasteiger partial charge in [-0.05, 0) is 6.92 Å². The summed E-state index contributed by atoms with van der Waals surface area (Å²) < 4.78 is 4.96. The Morgan fingerprint density at radius 2 is 1.89 bits per heavy atom. The van der Waals surface area contributed by atoms with Crippen LogP contribution in [0.3, 0.4) is 0 Å². The van der Waals surface area contributed by atoms with Gasteiger partial charge in [-0.15, -0.1) is 16.5 Å². The normalized spacial score (nSPS) is 23.4. The standard InChI is InChI=1S/C19H28ClN7O9/c1-9-21-6-10(7-22-19(34)27(26-35)5-4-20)17(23-9)25-13(30)3-2-12(29)24-14-16(32)15(31)11(8-28)36-18(14)33/h6,11,14-16,18,28,31-33H,2-5,7-8H2,1H3,(H,22,34)(H,24,29)(H,21,23,25,30)/t11-,14-,15-,16-,18+/m1/s1. The van der Waals surface area contributed by atoms with Crippen molar-refractivity contribution < 1.29 is 39.5 Å². The predicted octanol–water partition coefficient (Wildman–Crippen LogP) is -2.15. The first-order valence-corrected chi connectivity index (χ1v) is 11.3. The molecule has 0 aromatic carbocycles. The van der Waals surface area contributed by atoms with E-state index in [1.807, 2.05) is 0 Å². The molecule has 1 aromatic rings. The summed E-state index contributed by atoms with van der Waals surface area (Å²) in [5.74, 6) is -0.955. The Morgan fingerprint density at radius 3 is 2.53 bits per heavy atom. The summed E-state index contributed by atoms with van der Waals surface area (Å²) in [5.41, 5.74) is 0.307. The number of nitroso groups, excluding NO2 is 1. The van der Waals surface area contributed by atoms with Gasteiger partial charge < -0.3 is 41.1 Å². The molecule has 36 heavy (non-hydrogen) atoms. The molecule has 16 nitrogen and oxygen atoms in total. The minimum atomic E-state index is -1.69. The molecule has 1 fully saturated rings. The number of urea groups is 1. The van der Waals surface area contributed by atoms with E-state index in [9.17, 15) is 34.6 Å². The van der Waals surface area contributed by atoms with Crippen LogP contribution in [-0.4, -0.2) is 103 Å². The van der Waals surface area contributed by atoms with Crippen molar-refractivity contribution in [3.63, 3.8) is 0 Å². The summed E-state index contributed by atoms with van der Waals surface area (Å²) >= 11 is 5.51. The van der Waals surface area contributed by atoms with Crippen LogP contribution in [0.1, 0.15) is 24.2 Å². The zero-order valence-electron chi connectivity index (χ0n) is 19.2. The van der Waals surface area contributed by atoms with E-state index in [1.165, 1.54) is 6.20 Å². The molecule has 200 valence electrons. The minimum absolute atomic E-state index is 0.00284. The summed E-state index contributed by atoms with van der Waals surface area (Å²) in [5, 5.41) is 49.4. The lowest BCUT2D eigenvalue weighted by Gasteiger charge is -2.40. The van der Waals surface area contributed by atoms with E-state index in [1.54, 1.807) is 6.92 Å². The molecule has 1 aromatic heterocycles. The number of nitrogens with one attached hydrogen (secondary N) is 3. The van der Waals surface area contributed by atoms with Crippen LogP contribution in [0.2, 0.25) is 0 Å². The Labute approximate surface area is 209 Å². The van der Waals surface area contributed by atoms with Crippen LogP contribution in [0.5, 0.6) is 0 Å². The van der Waals surface area contributed by atoms with Crippen LogP contribution >= 0.6 is 11.6 Å². The van der Waals surface area contributed by atoms with Gasteiger partial charge >= 0.3 is 6.03 Å². The summed E-state index contributed by atoms with van der Waals surface area (Å²) in [6.07, 6.45) is -5.37. The first kappa shape index (κ1) is 29.2. The molecule has 5 atom stereocenters. The van der Waals surface area contributed by atoms with Gasteiger partial charge in [0, 0.05) is 37.0 Å². The van der Waals surface area contributed by atoms with Gasteiger partial charge in [-0.1, -0.05) is 0 Å². The number of alkyl halides is 1. The number of aliphatic hydroxyl groups is 4. The largest absolute Gasteiger partial charge is 0.394 e. The van der Waals surface area contributed by atoms with Gasteiger partial charge in [-0.3, -0.25) is 9.59 Å². The molecular formula is C19H28ClN7O9. The molecular weight excluding hydrogens is 506 g/mol. The molecule has 0 unspecified atom stereocenters. The lowest BCUT2D eigenvalue weighted by molar-refractivity contribution is -0.253. The number of nitrogens with zero attached hydrogens (tertiary/aromatic N) is 4. The number of amides is 4. The van der Waals surface area contributed by atoms with Gasteiger partial charge in [0.1, 0.15) is 36.0 Å². The zero-order valence-corrected chi connectivity index (χ0v) is 20.0. The number of halogens is 1. The number of hydrogen-bond acceptors (Lipinski definition) is 12. The van der Waals surface area contributed by atoms with Crippen molar-refractivity contribution in [2.24, 2.45) is 5.29 Å². The smallest absolute Gasteiger partial charge is 0.340 e. The van der Waals surface area contributed by atoms with Gasteiger partial charge in [0.15, 0.2) is 6.29 Å². The summed E-state index contributed by atoms with van der Waals surface area (Å²) in [4.78, 5) is 55.5. The molecule has 17 heteroatoms. The van der Waals surface area contributed by atoms with Crippen LogP contribution in [0.25, 0.3) is 0 Å². The van der Waals surface area contributed by atoms with Crippen molar-refractivity contribution >= 4 is 35.3 Å². The number of carbonyl (C=O) groups excluding carboxylic acids is 3. The van der Waals surface area contributed by atoms with Gasteiger partial charge in [-0.25, -0.2) is 14.8 Å². The van der Waals surface area contributed by atoms with Crippen LogP contribution in [0, 0.1) is 11.8 Å². The second-order valence-corrected chi connectivity index (χ2v) is 8.09. The SMILES string of the molecule is Cc1ncc(CNC(=O)N(CCCl)N=O)c(NC(=O)CCC(=O)N[C@@H]2[C@@H](O)[C@H](O)[C@@H](CO)O[C@@H]2O)n1. The van der Waals surface area contributed by atoms with Crippen LogP contribution < -0.4 is 16.0 Å². The molecule has 4 amide bonds. The quantitative estimate of drug-likeness (QED) is 0.0919. The number of carbonyl (C=O) groups is 3. The number of ether oxygens (including phenoxy) is 1. The number of rotatable bonds is 11. The van der Waals surface area contributed by atoms with Crippen LogP contribution in [0.15, 0.2) is 11.5 Å². The number of aromatic nitrogens is 2. The molecule has 7 N–H and O–H groups in total. The van der Waals surface area contributed by atoms with Gasteiger partial charge in [0.05, 0.1) is 18.4 Å². The fraction of sp³-hybridized carbons (Fsp3) is 0.632. The molecule has 2 heterocycles. The maximum absolute atomic E-state index is 12.4. The van der Waals surface area contributed by atoms with Gasteiger partial charge in [0.2, 0.25) is 11.8 Å². The van der Waals surface area contributed by atoms with Crippen molar-refractivity contribution in [1.29, 1.82) is 0 Å². The lowest BCUT2D eigenvalue weighted by Crippen LogP contribution is -2.64. The lowest BCUT2D eigenvalue weighted by atomic mass is 9.97. The van der Waals surface area contributed by atoms with E-state index in [0.29, 0.717) is 16.4 Å². The van der Waals surface area contributed by atoms with E-state index in [-0.39, 0.29) is 37.6 Å². The zero-order chi connectivity index (χ0) is 26.8. The van der Waals surface area contributed by atoms with E-state index >= 15 is 0 Å². The maximum Gasteiger partial charge on any atom is 0.340 e. The first-order chi connectivity index (χ1) is 17.1. The molecule has 0 aliphatic carbocycles. The van der Waals surface area contributed by atoms with Gasteiger partial charge in [-0.2, -0.15) is 5.01 Å². The third kappa shape index (κ3) is 8.00. The van der Waals surface area contributed by atoms with E-state index < -0.39 is 55.1 Å². The average Bonchev–Trinajstić information content (AvgIpc) is 2.85. The molecule has 0 saturated carbocycles. The molecule has 0 bridgehead atoms. The minimum Gasteiger partial charge on any atom is -0.394 e. The van der Waals surface area contributed by atoms with Crippen LogP contribution in [-0.2, 0) is 20.9 Å². The first-order valence-electron chi connectivity index (χ1n) is 10.8. The fourth-order valence-corrected chi connectivity index (χ4v) is 3.35. The topological polar surface area (TPSA) is 236 Å². The number of aliphatic hydroxyl groups excluding tert-OH is 4. The van der Waals surface area contributed by atoms with Gasteiger partial charge in [0.25, 0.3) is 0 Å². The monoisotopic (exact) mass is 533 g/mol. The van der Waals surface area contributed by atoms with Crippen molar-refractivity contribution in [1.82, 2.24) is 25.6 Å². The van der Waals surface area contributed by atoms with Crippen LogP contribution in [0.4, 0.5) is 10.6 Å². The maximum atomic E-state index is 12.4. The molecule has 1 aliphatic heterocycles. The second kappa shape index (κ2) is 13.9. The molecule has 1 aliphatic rings. The molecule has 0 spiro atoms. The Morgan fingerprint density at radius 1 is 1.19 bits per heavy atom. The third-order valence-corrected chi connectivity index (χ3v) is 5.28. The highest BCUT2D eigenvalue weighted by Gasteiger charge is 2.44. The highest BCUT2D eigenvalue weighted by Crippen LogP contribution is 2.20. The average molecular weight is 534 g/mol. The summed E-state index contributed by atoms with van der Waals surface area (Å²) in [6, 6.07) is -2.19. The number of aryl methyl sites for hydroxylation is 1.